The maximum Gasteiger partial charge on any atom is 0.341 e. The highest BCUT2D eigenvalue weighted by atomic mass is 19.1. The second-order valence-electron chi connectivity index (χ2n) is 5.05. The molecule has 0 N–H and O–H groups in total. The first kappa shape index (κ1) is 15.8. The Balaban J connectivity index is 2.13. The number of carbonyl (C=O) groups excluding carboxylic acids is 1. The summed E-state index contributed by atoms with van der Waals surface area (Å²) in [5, 5.41) is 0. The lowest BCUT2D eigenvalue weighted by Gasteiger charge is -2.10. The van der Waals surface area contributed by atoms with E-state index in [4.69, 9.17) is 4.74 Å². The van der Waals surface area contributed by atoms with Crippen molar-refractivity contribution in [3.8, 4) is 22.6 Å². The van der Waals surface area contributed by atoms with E-state index in [9.17, 15) is 9.18 Å². The summed E-state index contributed by atoms with van der Waals surface area (Å²) in [5.41, 5.74) is 2.13. The first-order chi connectivity index (χ1) is 11.7. The van der Waals surface area contributed by atoms with Gasteiger partial charge in [-0.25, -0.2) is 19.2 Å². The molecule has 0 aliphatic rings. The monoisotopic (exact) mass is 322 g/mol. The molecule has 0 saturated heterocycles. The number of esters is 1. The largest absolute Gasteiger partial charge is 0.462 e. The molecule has 0 bridgehead atoms. The summed E-state index contributed by atoms with van der Waals surface area (Å²) in [6.07, 6.45) is 1.45. The Kier molecular flexibility index (Phi) is 4.61. The fourth-order valence-corrected chi connectivity index (χ4v) is 2.29. The van der Waals surface area contributed by atoms with Crippen LogP contribution in [0.2, 0.25) is 0 Å². The van der Waals surface area contributed by atoms with Crippen LogP contribution in [0.5, 0.6) is 0 Å². The third-order valence-corrected chi connectivity index (χ3v) is 3.43. The second-order valence-corrected chi connectivity index (χ2v) is 5.05. The molecule has 1 heterocycles. The zero-order valence-electron chi connectivity index (χ0n) is 13.1. The molecule has 3 aromatic rings. The number of halogens is 1. The Labute approximate surface area is 139 Å². The maximum atomic E-state index is 13.2. The number of carbonyl (C=O) groups is 1. The zero-order chi connectivity index (χ0) is 16.9. The van der Waals surface area contributed by atoms with Gasteiger partial charge in [0, 0.05) is 17.3 Å². The molecule has 0 spiro atoms. The first-order valence-electron chi connectivity index (χ1n) is 7.54. The van der Waals surface area contributed by atoms with Gasteiger partial charge in [-0.05, 0) is 31.2 Å². The van der Waals surface area contributed by atoms with E-state index in [1.54, 1.807) is 19.1 Å². The van der Waals surface area contributed by atoms with Crippen LogP contribution in [0.4, 0.5) is 4.39 Å². The molecular weight excluding hydrogens is 307 g/mol. The highest BCUT2D eigenvalue weighted by Crippen LogP contribution is 2.25. The van der Waals surface area contributed by atoms with Gasteiger partial charge in [0.15, 0.2) is 5.82 Å². The minimum Gasteiger partial charge on any atom is -0.462 e. The summed E-state index contributed by atoms with van der Waals surface area (Å²) in [6.45, 7) is 1.98. The van der Waals surface area contributed by atoms with Crippen LogP contribution in [-0.4, -0.2) is 22.5 Å². The van der Waals surface area contributed by atoms with Crippen molar-refractivity contribution in [3.63, 3.8) is 0 Å². The number of ether oxygens (including phenoxy) is 1. The SMILES string of the molecule is CCOC(=O)c1cnc(-c2ccccc2)nc1-c1ccc(F)cc1. The standard InChI is InChI=1S/C19H15FN2O2/c1-2-24-19(23)16-12-21-18(14-6-4-3-5-7-14)22-17(16)13-8-10-15(20)11-9-13/h3-12H,2H2,1H3. The van der Waals surface area contributed by atoms with E-state index in [0.717, 1.165) is 5.56 Å². The minimum atomic E-state index is -0.503. The average Bonchev–Trinajstić information content (AvgIpc) is 2.63. The van der Waals surface area contributed by atoms with Gasteiger partial charge in [0.05, 0.1) is 12.3 Å². The molecule has 0 amide bonds. The fourth-order valence-electron chi connectivity index (χ4n) is 2.29. The number of hydrogen-bond acceptors (Lipinski definition) is 4. The highest BCUT2D eigenvalue weighted by Gasteiger charge is 2.18. The number of hydrogen-bond donors (Lipinski definition) is 0. The normalized spacial score (nSPS) is 10.4. The molecule has 0 saturated carbocycles. The Hall–Kier alpha value is -3.08. The number of nitrogens with zero attached hydrogens (tertiary/aromatic N) is 2. The Morgan fingerprint density at radius 1 is 1.04 bits per heavy atom. The van der Waals surface area contributed by atoms with Gasteiger partial charge >= 0.3 is 5.97 Å². The van der Waals surface area contributed by atoms with Crippen molar-refractivity contribution in [1.29, 1.82) is 0 Å². The van der Waals surface area contributed by atoms with Crippen LogP contribution >= 0.6 is 0 Å². The molecule has 120 valence electrons. The third kappa shape index (κ3) is 3.30. The van der Waals surface area contributed by atoms with Crippen molar-refractivity contribution in [2.24, 2.45) is 0 Å². The summed E-state index contributed by atoms with van der Waals surface area (Å²) >= 11 is 0. The van der Waals surface area contributed by atoms with E-state index in [2.05, 4.69) is 9.97 Å². The summed E-state index contributed by atoms with van der Waals surface area (Å²) in [7, 11) is 0. The molecule has 0 atom stereocenters. The highest BCUT2D eigenvalue weighted by molar-refractivity contribution is 5.96. The Morgan fingerprint density at radius 2 is 1.75 bits per heavy atom. The van der Waals surface area contributed by atoms with Gasteiger partial charge in [0.25, 0.3) is 0 Å². The molecule has 5 heteroatoms. The van der Waals surface area contributed by atoms with Gasteiger partial charge in [0.2, 0.25) is 0 Å². The lowest BCUT2D eigenvalue weighted by Crippen LogP contribution is -2.09. The minimum absolute atomic E-state index is 0.252. The van der Waals surface area contributed by atoms with Gasteiger partial charge in [0.1, 0.15) is 11.4 Å². The molecule has 3 rings (SSSR count). The zero-order valence-corrected chi connectivity index (χ0v) is 13.1. The molecule has 0 radical (unpaired) electrons. The maximum absolute atomic E-state index is 13.2. The van der Waals surface area contributed by atoms with E-state index in [0.29, 0.717) is 17.1 Å². The van der Waals surface area contributed by atoms with Crippen molar-refractivity contribution < 1.29 is 13.9 Å². The van der Waals surface area contributed by atoms with Gasteiger partial charge in [-0.2, -0.15) is 0 Å². The number of aromatic nitrogens is 2. The van der Waals surface area contributed by atoms with E-state index < -0.39 is 5.97 Å². The van der Waals surface area contributed by atoms with E-state index in [-0.39, 0.29) is 18.0 Å². The summed E-state index contributed by atoms with van der Waals surface area (Å²) in [5.74, 6) is -0.367. The molecule has 1 aromatic heterocycles. The lowest BCUT2D eigenvalue weighted by atomic mass is 10.1. The third-order valence-electron chi connectivity index (χ3n) is 3.43. The van der Waals surface area contributed by atoms with Crippen LogP contribution in [0.3, 0.4) is 0 Å². The van der Waals surface area contributed by atoms with Crippen LogP contribution in [-0.2, 0) is 4.74 Å². The van der Waals surface area contributed by atoms with Crippen molar-refractivity contribution in [1.82, 2.24) is 9.97 Å². The predicted octanol–water partition coefficient (Wildman–Crippen LogP) is 4.13. The lowest BCUT2D eigenvalue weighted by molar-refractivity contribution is 0.0526. The Bertz CT molecular complexity index is 849. The van der Waals surface area contributed by atoms with E-state index >= 15 is 0 Å². The summed E-state index contributed by atoms with van der Waals surface area (Å²) in [6, 6.07) is 15.2. The summed E-state index contributed by atoms with van der Waals surface area (Å²) in [4.78, 5) is 21.0. The number of benzene rings is 2. The van der Waals surface area contributed by atoms with Gasteiger partial charge in [-0.15, -0.1) is 0 Å². The molecular formula is C19H15FN2O2. The van der Waals surface area contributed by atoms with Gasteiger partial charge in [-0.3, -0.25) is 0 Å². The fraction of sp³-hybridized carbons (Fsp3) is 0.105. The Morgan fingerprint density at radius 3 is 2.42 bits per heavy atom. The van der Waals surface area contributed by atoms with E-state index in [1.165, 1.54) is 18.3 Å². The molecule has 0 aliphatic carbocycles. The van der Waals surface area contributed by atoms with Gasteiger partial charge in [-0.1, -0.05) is 30.3 Å². The van der Waals surface area contributed by atoms with Crippen LogP contribution < -0.4 is 0 Å². The molecule has 0 aliphatic heterocycles. The van der Waals surface area contributed by atoms with Crippen molar-refractivity contribution in [3.05, 3.63) is 72.2 Å². The second kappa shape index (κ2) is 7.00. The van der Waals surface area contributed by atoms with Crippen molar-refractivity contribution in [2.75, 3.05) is 6.61 Å². The average molecular weight is 322 g/mol. The summed E-state index contributed by atoms with van der Waals surface area (Å²) < 4.78 is 18.3. The molecule has 0 fully saturated rings. The molecule has 4 nitrogen and oxygen atoms in total. The molecule has 2 aromatic carbocycles. The van der Waals surface area contributed by atoms with Crippen LogP contribution in [0.25, 0.3) is 22.6 Å². The van der Waals surface area contributed by atoms with Crippen LogP contribution in [0, 0.1) is 5.82 Å². The molecule has 0 unspecified atom stereocenters. The first-order valence-corrected chi connectivity index (χ1v) is 7.54. The van der Waals surface area contributed by atoms with E-state index in [1.807, 2.05) is 30.3 Å². The predicted molar refractivity (Wildman–Crippen MR) is 88.8 cm³/mol. The van der Waals surface area contributed by atoms with Crippen molar-refractivity contribution >= 4 is 5.97 Å². The van der Waals surface area contributed by atoms with Crippen LogP contribution in [0.1, 0.15) is 17.3 Å². The van der Waals surface area contributed by atoms with Crippen molar-refractivity contribution in [2.45, 2.75) is 6.92 Å². The quantitative estimate of drug-likeness (QED) is 0.678. The topological polar surface area (TPSA) is 52.1 Å². The number of rotatable bonds is 4. The molecule has 24 heavy (non-hydrogen) atoms. The smallest absolute Gasteiger partial charge is 0.341 e. The van der Waals surface area contributed by atoms with Gasteiger partial charge < -0.3 is 4.74 Å². The van der Waals surface area contributed by atoms with Crippen LogP contribution in [0.15, 0.2) is 60.8 Å².